The number of hydrogen-bond donors (Lipinski definition) is 1. The fourth-order valence-electron chi connectivity index (χ4n) is 1.72. The monoisotopic (exact) mass is 314 g/mol. The van der Waals surface area contributed by atoms with Gasteiger partial charge in [-0.3, -0.25) is 0 Å². The number of ether oxygens (including phenoxy) is 1. The van der Waals surface area contributed by atoms with Crippen molar-refractivity contribution in [2.75, 3.05) is 32.2 Å². The van der Waals surface area contributed by atoms with Crippen molar-refractivity contribution >= 4 is 21.6 Å². The lowest BCUT2D eigenvalue weighted by molar-refractivity contribution is 0.206. The van der Waals surface area contributed by atoms with Crippen molar-refractivity contribution < 1.29 is 4.74 Å². The van der Waals surface area contributed by atoms with Crippen molar-refractivity contribution in [3.05, 3.63) is 28.2 Å². The summed E-state index contributed by atoms with van der Waals surface area (Å²) in [4.78, 5) is 2.18. The fraction of sp³-hybridized carbons (Fsp3) is 0.571. The largest absolute Gasteiger partial charge is 0.383 e. The fourth-order valence-corrected chi connectivity index (χ4v) is 2.25. The average Bonchev–Trinajstić information content (AvgIpc) is 2.38. The standard InChI is InChI=1S/C14H23BrN2O/c1-4-12(16)9-11-5-6-13(10-14(11)15)17(2)7-8-18-3/h5-6,10,12H,4,7-9,16H2,1-3H3. The lowest BCUT2D eigenvalue weighted by Gasteiger charge is -2.20. The van der Waals surface area contributed by atoms with Crippen LogP contribution in [0.25, 0.3) is 0 Å². The van der Waals surface area contributed by atoms with E-state index >= 15 is 0 Å². The summed E-state index contributed by atoms with van der Waals surface area (Å²) in [6.45, 7) is 3.73. The zero-order chi connectivity index (χ0) is 13.5. The highest BCUT2D eigenvalue weighted by molar-refractivity contribution is 9.10. The van der Waals surface area contributed by atoms with Crippen LogP contribution in [0.5, 0.6) is 0 Å². The predicted molar refractivity (Wildman–Crippen MR) is 81.3 cm³/mol. The summed E-state index contributed by atoms with van der Waals surface area (Å²) in [6.07, 6.45) is 1.92. The van der Waals surface area contributed by atoms with Gasteiger partial charge in [0.25, 0.3) is 0 Å². The van der Waals surface area contributed by atoms with Crippen LogP contribution in [0.2, 0.25) is 0 Å². The Labute approximate surface area is 118 Å². The summed E-state index contributed by atoms with van der Waals surface area (Å²) >= 11 is 3.63. The molecular formula is C14H23BrN2O. The molecule has 0 spiro atoms. The number of anilines is 1. The zero-order valence-corrected chi connectivity index (χ0v) is 13.0. The Hall–Kier alpha value is -0.580. The van der Waals surface area contributed by atoms with E-state index < -0.39 is 0 Å². The van der Waals surface area contributed by atoms with Gasteiger partial charge in [0, 0.05) is 36.9 Å². The quantitative estimate of drug-likeness (QED) is 0.841. The lowest BCUT2D eigenvalue weighted by Crippen LogP contribution is -2.23. The number of halogens is 1. The molecule has 1 rings (SSSR count). The van der Waals surface area contributed by atoms with E-state index in [1.54, 1.807) is 7.11 Å². The number of hydrogen-bond acceptors (Lipinski definition) is 3. The van der Waals surface area contributed by atoms with Gasteiger partial charge in [-0.1, -0.05) is 28.9 Å². The summed E-state index contributed by atoms with van der Waals surface area (Å²) in [7, 11) is 3.79. The van der Waals surface area contributed by atoms with E-state index in [4.69, 9.17) is 10.5 Å². The third kappa shape index (κ3) is 4.59. The van der Waals surface area contributed by atoms with Crippen LogP contribution in [0.1, 0.15) is 18.9 Å². The smallest absolute Gasteiger partial charge is 0.0637 e. The minimum Gasteiger partial charge on any atom is -0.383 e. The van der Waals surface area contributed by atoms with E-state index in [0.29, 0.717) is 0 Å². The molecule has 0 aromatic heterocycles. The second kappa shape index (κ2) is 7.77. The summed E-state index contributed by atoms with van der Waals surface area (Å²) < 4.78 is 6.22. The van der Waals surface area contributed by atoms with Gasteiger partial charge in [0.2, 0.25) is 0 Å². The van der Waals surface area contributed by atoms with Crippen LogP contribution in [0.4, 0.5) is 5.69 Å². The first-order valence-corrected chi connectivity index (χ1v) is 7.11. The molecule has 0 bridgehead atoms. The summed E-state index contributed by atoms with van der Waals surface area (Å²) in [5, 5.41) is 0. The maximum atomic E-state index is 5.99. The van der Waals surface area contributed by atoms with Crippen molar-refractivity contribution in [2.45, 2.75) is 25.8 Å². The highest BCUT2D eigenvalue weighted by atomic mass is 79.9. The molecule has 3 nitrogen and oxygen atoms in total. The third-order valence-corrected chi connectivity index (χ3v) is 3.85. The Morgan fingerprint density at radius 3 is 2.72 bits per heavy atom. The Balaban J connectivity index is 2.72. The third-order valence-electron chi connectivity index (χ3n) is 3.11. The summed E-state index contributed by atoms with van der Waals surface area (Å²) in [6, 6.07) is 6.67. The van der Waals surface area contributed by atoms with E-state index in [1.807, 2.05) is 0 Å². The van der Waals surface area contributed by atoms with E-state index in [0.717, 1.165) is 30.5 Å². The van der Waals surface area contributed by atoms with Gasteiger partial charge < -0.3 is 15.4 Å². The molecule has 2 N–H and O–H groups in total. The minimum absolute atomic E-state index is 0.235. The molecule has 0 saturated heterocycles. The number of nitrogens with two attached hydrogens (primary N) is 1. The van der Waals surface area contributed by atoms with Crippen LogP contribution in [0, 0.1) is 0 Å². The second-order valence-corrected chi connectivity index (χ2v) is 5.42. The summed E-state index contributed by atoms with van der Waals surface area (Å²) in [5.74, 6) is 0. The van der Waals surface area contributed by atoms with Gasteiger partial charge >= 0.3 is 0 Å². The number of rotatable bonds is 7. The Morgan fingerprint density at radius 1 is 1.44 bits per heavy atom. The van der Waals surface area contributed by atoms with Crippen LogP contribution in [-0.2, 0) is 11.2 Å². The molecule has 0 radical (unpaired) electrons. The molecule has 4 heteroatoms. The first-order valence-electron chi connectivity index (χ1n) is 6.32. The molecular weight excluding hydrogens is 292 g/mol. The number of methoxy groups -OCH3 is 1. The van der Waals surface area contributed by atoms with Gasteiger partial charge in [-0.05, 0) is 30.5 Å². The van der Waals surface area contributed by atoms with Crippen LogP contribution in [0.15, 0.2) is 22.7 Å². The maximum Gasteiger partial charge on any atom is 0.0637 e. The Kier molecular flexibility index (Phi) is 6.68. The number of benzene rings is 1. The summed E-state index contributed by atoms with van der Waals surface area (Å²) in [5.41, 5.74) is 8.45. The maximum absolute atomic E-state index is 5.99. The molecule has 0 fully saturated rings. The van der Waals surface area contributed by atoms with Gasteiger partial charge in [-0.2, -0.15) is 0 Å². The van der Waals surface area contributed by atoms with E-state index in [2.05, 4.69) is 53.0 Å². The SMILES string of the molecule is CCC(N)Cc1ccc(N(C)CCOC)cc1Br. The molecule has 18 heavy (non-hydrogen) atoms. The topological polar surface area (TPSA) is 38.5 Å². The van der Waals surface area contributed by atoms with Gasteiger partial charge in [0.15, 0.2) is 0 Å². The molecule has 0 heterocycles. The molecule has 0 saturated carbocycles. The van der Waals surface area contributed by atoms with Gasteiger partial charge in [-0.15, -0.1) is 0 Å². The van der Waals surface area contributed by atoms with Gasteiger partial charge in [0.1, 0.15) is 0 Å². The van der Waals surface area contributed by atoms with Crippen LogP contribution < -0.4 is 10.6 Å². The van der Waals surface area contributed by atoms with Gasteiger partial charge in [-0.25, -0.2) is 0 Å². The molecule has 1 aromatic carbocycles. The molecule has 102 valence electrons. The van der Waals surface area contributed by atoms with Gasteiger partial charge in [0.05, 0.1) is 6.61 Å². The average molecular weight is 315 g/mol. The molecule has 0 aliphatic heterocycles. The number of likely N-dealkylation sites (N-methyl/N-ethyl adjacent to an activating group) is 1. The van der Waals surface area contributed by atoms with E-state index in [9.17, 15) is 0 Å². The van der Waals surface area contributed by atoms with Crippen molar-refractivity contribution in [2.24, 2.45) is 5.73 Å². The normalized spacial score (nSPS) is 12.5. The molecule has 1 atom stereocenters. The van der Waals surface area contributed by atoms with E-state index in [-0.39, 0.29) is 6.04 Å². The minimum atomic E-state index is 0.235. The lowest BCUT2D eigenvalue weighted by atomic mass is 10.0. The van der Waals surface area contributed by atoms with Crippen molar-refractivity contribution in [1.82, 2.24) is 0 Å². The van der Waals surface area contributed by atoms with Crippen LogP contribution in [-0.4, -0.2) is 33.4 Å². The molecule has 0 aliphatic rings. The predicted octanol–water partition coefficient (Wildman–Crippen LogP) is 2.81. The molecule has 0 aliphatic carbocycles. The van der Waals surface area contributed by atoms with Crippen molar-refractivity contribution in [3.8, 4) is 0 Å². The molecule has 1 unspecified atom stereocenters. The van der Waals surface area contributed by atoms with Crippen molar-refractivity contribution in [3.63, 3.8) is 0 Å². The first kappa shape index (κ1) is 15.5. The highest BCUT2D eigenvalue weighted by Gasteiger charge is 2.08. The Bertz CT molecular complexity index is 371. The van der Waals surface area contributed by atoms with E-state index in [1.165, 1.54) is 11.3 Å². The second-order valence-electron chi connectivity index (χ2n) is 4.56. The zero-order valence-electron chi connectivity index (χ0n) is 11.4. The highest BCUT2D eigenvalue weighted by Crippen LogP contribution is 2.24. The Morgan fingerprint density at radius 2 is 2.17 bits per heavy atom. The number of nitrogens with zero attached hydrogens (tertiary/aromatic N) is 1. The van der Waals surface area contributed by atoms with Crippen LogP contribution in [0.3, 0.4) is 0 Å². The van der Waals surface area contributed by atoms with Crippen molar-refractivity contribution in [1.29, 1.82) is 0 Å². The van der Waals surface area contributed by atoms with Crippen LogP contribution >= 0.6 is 15.9 Å². The first-order chi connectivity index (χ1) is 8.58. The molecule has 0 amide bonds. The molecule has 1 aromatic rings.